The molecule has 0 saturated heterocycles. The minimum absolute atomic E-state index is 0.0140. The van der Waals surface area contributed by atoms with Crippen LogP contribution in [-0.2, 0) is 6.54 Å². The Morgan fingerprint density at radius 2 is 1.81 bits per heavy atom. The smallest absolute Gasteiger partial charge is 0.263 e. The van der Waals surface area contributed by atoms with Gasteiger partial charge in [-0.1, -0.05) is 47.5 Å². The summed E-state index contributed by atoms with van der Waals surface area (Å²) in [5.74, 6) is -1.34. The lowest BCUT2D eigenvalue weighted by Gasteiger charge is -2.12. The summed E-state index contributed by atoms with van der Waals surface area (Å²) in [4.78, 5) is 30.1. The van der Waals surface area contributed by atoms with Gasteiger partial charge in [-0.3, -0.25) is 14.2 Å². The summed E-state index contributed by atoms with van der Waals surface area (Å²) in [5, 5.41) is 12.3. The molecule has 9 heteroatoms. The van der Waals surface area contributed by atoms with Gasteiger partial charge in [0.2, 0.25) is 0 Å². The second-order valence-corrected chi connectivity index (χ2v) is 7.53. The Hall–Kier alpha value is -3.42. The first-order valence-electron chi connectivity index (χ1n) is 9.06. The second kappa shape index (κ2) is 8.37. The number of nitrogens with one attached hydrogen (secondary N) is 1. The zero-order chi connectivity index (χ0) is 22.1. The van der Waals surface area contributed by atoms with Crippen LogP contribution in [-0.4, -0.2) is 20.6 Å². The Bertz CT molecular complexity index is 1370. The highest BCUT2D eigenvalue weighted by atomic mass is 35.5. The standard InChI is InChI=1S/C22H14Cl2FN3O3/c23-14-8-13(9-15(24)20(14)29)21(30)27-18-7-3-6-17-19(18)22(31)28(11-26-17)10-12-4-1-2-5-16(12)25/h1-9,11,29H,10H2,(H,27,30). The molecule has 6 nitrogen and oxygen atoms in total. The van der Waals surface area contributed by atoms with E-state index in [4.69, 9.17) is 23.2 Å². The molecular formula is C22H14Cl2FN3O3. The van der Waals surface area contributed by atoms with Crippen molar-refractivity contribution in [1.29, 1.82) is 0 Å². The third-order valence-electron chi connectivity index (χ3n) is 4.68. The average Bonchev–Trinajstić information content (AvgIpc) is 2.75. The summed E-state index contributed by atoms with van der Waals surface area (Å²) in [7, 11) is 0. The number of phenolic OH excluding ortho intramolecular Hbond substituents is 1. The Kier molecular flexibility index (Phi) is 5.63. The molecule has 0 aliphatic heterocycles. The zero-order valence-corrected chi connectivity index (χ0v) is 17.3. The van der Waals surface area contributed by atoms with Crippen LogP contribution in [0.2, 0.25) is 10.0 Å². The Balaban J connectivity index is 1.74. The predicted molar refractivity (Wildman–Crippen MR) is 118 cm³/mol. The van der Waals surface area contributed by atoms with E-state index >= 15 is 0 Å². The molecule has 2 N–H and O–H groups in total. The number of hydrogen-bond acceptors (Lipinski definition) is 4. The first kappa shape index (κ1) is 20.8. The summed E-state index contributed by atoms with van der Waals surface area (Å²) in [6.45, 7) is -0.0140. The van der Waals surface area contributed by atoms with Gasteiger partial charge in [-0.15, -0.1) is 0 Å². The number of aromatic hydroxyl groups is 1. The molecule has 0 saturated carbocycles. The maximum atomic E-state index is 14.0. The van der Waals surface area contributed by atoms with Crippen molar-refractivity contribution in [3.63, 3.8) is 0 Å². The maximum absolute atomic E-state index is 14.0. The van der Waals surface area contributed by atoms with E-state index in [1.165, 1.54) is 29.1 Å². The predicted octanol–water partition coefficient (Wildman–Crippen LogP) is 4.85. The van der Waals surface area contributed by atoms with Crippen LogP contribution in [0, 0.1) is 5.82 Å². The first-order valence-corrected chi connectivity index (χ1v) is 9.81. The van der Waals surface area contributed by atoms with Gasteiger partial charge >= 0.3 is 0 Å². The fourth-order valence-electron chi connectivity index (χ4n) is 3.12. The highest BCUT2D eigenvalue weighted by Gasteiger charge is 2.16. The second-order valence-electron chi connectivity index (χ2n) is 6.71. The molecule has 0 radical (unpaired) electrons. The van der Waals surface area contributed by atoms with Gasteiger partial charge in [0.15, 0.2) is 5.75 Å². The van der Waals surface area contributed by atoms with E-state index in [1.54, 1.807) is 36.4 Å². The van der Waals surface area contributed by atoms with Crippen molar-refractivity contribution in [3.05, 3.63) is 98.3 Å². The molecule has 156 valence electrons. The van der Waals surface area contributed by atoms with Crippen molar-refractivity contribution < 1.29 is 14.3 Å². The van der Waals surface area contributed by atoms with Gasteiger partial charge in [-0.2, -0.15) is 0 Å². The minimum atomic E-state index is -0.583. The number of anilines is 1. The van der Waals surface area contributed by atoms with Gasteiger partial charge in [0, 0.05) is 11.1 Å². The topological polar surface area (TPSA) is 84.2 Å². The number of carbonyl (C=O) groups is 1. The Labute approximate surface area is 185 Å². The molecule has 0 fully saturated rings. The molecule has 0 spiro atoms. The zero-order valence-electron chi connectivity index (χ0n) is 15.8. The molecule has 0 atom stereocenters. The van der Waals surface area contributed by atoms with Crippen molar-refractivity contribution in [2.24, 2.45) is 0 Å². The van der Waals surface area contributed by atoms with Crippen molar-refractivity contribution in [1.82, 2.24) is 9.55 Å². The number of phenols is 1. The molecule has 0 aliphatic carbocycles. The molecule has 1 amide bonds. The quantitative estimate of drug-likeness (QED) is 0.458. The third-order valence-corrected chi connectivity index (χ3v) is 5.26. The lowest BCUT2D eigenvalue weighted by Crippen LogP contribution is -2.23. The van der Waals surface area contributed by atoms with Crippen LogP contribution in [0.15, 0.2) is 65.7 Å². The van der Waals surface area contributed by atoms with Crippen LogP contribution >= 0.6 is 23.2 Å². The lowest BCUT2D eigenvalue weighted by atomic mass is 10.1. The molecule has 3 aromatic carbocycles. The molecule has 1 heterocycles. The summed E-state index contributed by atoms with van der Waals surface area (Å²) in [6.07, 6.45) is 1.34. The van der Waals surface area contributed by atoms with Gasteiger partial charge in [-0.25, -0.2) is 9.37 Å². The number of fused-ring (bicyclic) bond motifs is 1. The maximum Gasteiger partial charge on any atom is 0.263 e. The normalized spacial score (nSPS) is 10.9. The van der Waals surface area contributed by atoms with Crippen molar-refractivity contribution >= 4 is 45.7 Å². The van der Waals surface area contributed by atoms with Crippen LogP contribution in [0.3, 0.4) is 0 Å². The summed E-state index contributed by atoms with van der Waals surface area (Å²) in [6, 6.07) is 13.5. The third kappa shape index (κ3) is 4.10. The monoisotopic (exact) mass is 457 g/mol. The molecule has 4 rings (SSSR count). The molecule has 1 aromatic heterocycles. The number of benzene rings is 3. The Morgan fingerprint density at radius 3 is 2.52 bits per heavy atom. The largest absolute Gasteiger partial charge is 0.505 e. The molecule has 0 bridgehead atoms. The molecule has 4 aromatic rings. The van der Waals surface area contributed by atoms with Gasteiger partial charge < -0.3 is 10.4 Å². The number of carbonyl (C=O) groups excluding carboxylic acids is 1. The van der Waals surface area contributed by atoms with Crippen LogP contribution in [0.25, 0.3) is 10.9 Å². The van der Waals surface area contributed by atoms with Gasteiger partial charge in [0.1, 0.15) is 5.82 Å². The van der Waals surface area contributed by atoms with Crippen molar-refractivity contribution in [3.8, 4) is 5.75 Å². The van der Waals surface area contributed by atoms with E-state index in [-0.39, 0.29) is 39.0 Å². The van der Waals surface area contributed by atoms with Crippen molar-refractivity contribution in [2.45, 2.75) is 6.54 Å². The van der Waals surface area contributed by atoms with Crippen LogP contribution in [0.4, 0.5) is 10.1 Å². The van der Waals surface area contributed by atoms with Gasteiger partial charge in [-0.05, 0) is 30.3 Å². The van der Waals surface area contributed by atoms with Crippen LogP contribution in [0.1, 0.15) is 15.9 Å². The van der Waals surface area contributed by atoms with Gasteiger partial charge in [0.05, 0.1) is 39.5 Å². The van der Waals surface area contributed by atoms with E-state index < -0.39 is 17.3 Å². The van der Waals surface area contributed by atoms with Crippen LogP contribution < -0.4 is 10.9 Å². The summed E-state index contributed by atoms with van der Waals surface area (Å²) >= 11 is 11.8. The number of rotatable bonds is 4. The fraction of sp³-hybridized carbons (Fsp3) is 0.0455. The first-order chi connectivity index (χ1) is 14.8. The minimum Gasteiger partial charge on any atom is -0.505 e. The lowest BCUT2D eigenvalue weighted by molar-refractivity contribution is 0.102. The molecular weight excluding hydrogens is 444 g/mol. The number of halogens is 3. The van der Waals surface area contributed by atoms with Crippen molar-refractivity contribution in [2.75, 3.05) is 5.32 Å². The number of aromatic nitrogens is 2. The van der Waals surface area contributed by atoms with Crippen LogP contribution in [0.5, 0.6) is 5.75 Å². The average molecular weight is 458 g/mol. The summed E-state index contributed by atoms with van der Waals surface area (Å²) < 4.78 is 15.3. The number of amides is 1. The van der Waals surface area contributed by atoms with E-state index in [0.29, 0.717) is 11.1 Å². The molecule has 0 unspecified atom stereocenters. The molecule has 0 aliphatic rings. The van der Waals surface area contributed by atoms with E-state index in [2.05, 4.69) is 10.3 Å². The van der Waals surface area contributed by atoms with E-state index in [9.17, 15) is 19.1 Å². The highest BCUT2D eigenvalue weighted by molar-refractivity contribution is 6.37. The SMILES string of the molecule is O=C(Nc1cccc2ncn(Cc3ccccc3F)c(=O)c12)c1cc(Cl)c(O)c(Cl)c1. The van der Waals surface area contributed by atoms with E-state index in [0.717, 1.165) is 0 Å². The van der Waals surface area contributed by atoms with Gasteiger partial charge in [0.25, 0.3) is 11.5 Å². The molecule has 31 heavy (non-hydrogen) atoms. The number of nitrogens with zero attached hydrogens (tertiary/aromatic N) is 2. The summed E-state index contributed by atoms with van der Waals surface area (Å²) in [5.41, 5.74) is 0.588. The fourth-order valence-corrected chi connectivity index (χ4v) is 3.61. The number of hydrogen-bond donors (Lipinski definition) is 2. The highest BCUT2D eigenvalue weighted by Crippen LogP contribution is 2.33. The van der Waals surface area contributed by atoms with E-state index in [1.807, 2.05) is 0 Å². The Morgan fingerprint density at radius 1 is 1.10 bits per heavy atom.